The molecule has 0 saturated carbocycles. The first-order valence-electron chi connectivity index (χ1n) is 9.34. The number of hydrogen-bond donors (Lipinski definition) is 0. The van der Waals surface area contributed by atoms with E-state index in [0.29, 0.717) is 6.42 Å². The molecule has 0 spiro atoms. The molecule has 1 amide bonds. The van der Waals surface area contributed by atoms with Crippen molar-refractivity contribution < 1.29 is 4.79 Å². The standard InChI is InChI=1S/C22H28N2O/c1-3-20-11-7-8-18(2)22(20)24-16-14-23(15-17-24)21(25)13-12-19-9-5-4-6-10-19/h4-11H,3,12-17H2,1-2H3. The van der Waals surface area contributed by atoms with Crippen molar-refractivity contribution >= 4 is 11.6 Å². The van der Waals surface area contributed by atoms with Gasteiger partial charge in [0.15, 0.2) is 0 Å². The zero-order valence-corrected chi connectivity index (χ0v) is 15.4. The number of carbonyl (C=O) groups excluding carboxylic acids is 1. The summed E-state index contributed by atoms with van der Waals surface area (Å²) in [5, 5.41) is 0. The summed E-state index contributed by atoms with van der Waals surface area (Å²) in [4.78, 5) is 17.0. The summed E-state index contributed by atoms with van der Waals surface area (Å²) in [5.74, 6) is 0.281. The van der Waals surface area contributed by atoms with Crippen molar-refractivity contribution in [2.75, 3.05) is 31.1 Å². The quantitative estimate of drug-likeness (QED) is 0.828. The summed E-state index contributed by atoms with van der Waals surface area (Å²) in [7, 11) is 0. The number of para-hydroxylation sites is 1. The lowest BCUT2D eigenvalue weighted by Crippen LogP contribution is -2.49. The Balaban J connectivity index is 1.56. The summed E-state index contributed by atoms with van der Waals surface area (Å²) in [5.41, 5.74) is 5.36. The number of hydrogen-bond acceptors (Lipinski definition) is 2. The third kappa shape index (κ3) is 4.22. The van der Waals surface area contributed by atoms with Crippen LogP contribution in [0.15, 0.2) is 48.5 Å². The Hall–Kier alpha value is -2.29. The molecule has 0 atom stereocenters. The van der Waals surface area contributed by atoms with E-state index in [9.17, 15) is 4.79 Å². The molecule has 1 saturated heterocycles. The van der Waals surface area contributed by atoms with Gasteiger partial charge in [-0.1, -0.05) is 55.5 Å². The molecule has 3 heteroatoms. The molecule has 25 heavy (non-hydrogen) atoms. The Bertz CT molecular complexity index is 703. The molecule has 0 bridgehead atoms. The van der Waals surface area contributed by atoms with E-state index in [4.69, 9.17) is 0 Å². The summed E-state index contributed by atoms with van der Waals surface area (Å²) in [6.07, 6.45) is 2.49. The average molecular weight is 336 g/mol. The second-order valence-corrected chi connectivity index (χ2v) is 6.79. The van der Waals surface area contributed by atoms with E-state index in [1.807, 2.05) is 23.1 Å². The first-order chi connectivity index (χ1) is 12.2. The molecule has 1 heterocycles. The number of rotatable bonds is 5. The smallest absolute Gasteiger partial charge is 0.223 e. The van der Waals surface area contributed by atoms with Gasteiger partial charge in [-0.3, -0.25) is 4.79 Å². The molecule has 3 nitrogen and oxygen atoms in total. The Morgan fingerprint density at radius 1 is 0.960 bits per heavy atom. The van der Waals surface area contributed by atoms with Crippen molar-refractivity contribution in [3.05, 3.63) is 65.2 Å². The van der Waals surface area contributed by atoms with Gasteiger partial charge in [-0.05, 0) is 36.5 Å². The number of nitrogens with zero attached hydrogens (tertiary/aromatic N) is 2. The van der Waals surface area contributed by atoms with Crippen LogP contribution in [0.4, 0.5) is 5.69 Å². The molecule has 0 N–H and O–H groups in total. The fraction of sp³-hybridized carbons (Fsp3) is 0.409. The predicted molar refractivity (Wildman–Crippen MR) is 104 cm³/mol. The third-order valence-electron chi connectivity index (χ3n) is 5.12. The zero-order valence-electron chi connectivity index (χ0n) is 15.4. The number of benzene rings is 2. The Kier molecular flexibility index (Phi) is 5.75. The van der Waals surface area contributed by atoms with Crippen molar-refractivity contribution in [2.24, 2.45) is 0 Å². The molecule has 0 unspecified atom stereocenters. The topological polar surface area (TPSA) is 23.6 Å². The van der Waals surface area contributed by atoms with E-state index in [2.05, 4.69) is 49.1 Å². The van der Waals surface area contributed by atoms with Crippen LogP contribution in [-0.2, 0) is 17.6 Å². The molecular weight excluding hydrogens is 308 g/mol. The normalized spacial score (nSPS) is 14.6. The van der Waals surface area contributed by atoms with E-state index in [-0.39, 0.29) is 5.91 Å². The van der Waals surface area contributed by atoms with Crippen molar-refractivity contribution in [1.82, 2.24) is 4.90 Å². The molecule has 1 aliphatic rings. The van der Waals surface area contributed by atoms with Crippen LogP contribution in [-0.4, -0.2) is 37.0 Å². The average Bonchev–Trinajstić information content (AvgIpc) is 2.67. The highest BCUT2D eigenvalue weighted by molar-refractivity contribution is 5.77. The van der Waals surface area contributed by atoms with Crippen LogP contribution in [0.1, 0.15) is 30.0 Å². The number of aryl methyl sites for hydroxylation is 3. The van der Waals surface area contributed by atoms with E-state index in [1.165, 1.54) is 22.4 Å². The number of anilines is 1. The van der Waals surface area contributed by atoms with Gasteiger partial charge in [0, 0.05) is 38.3 Å². The molecule has 3 rings (SSSR count). The molecular formula is C22H28N2O. The van der Waals surface area contributed by atoms with Crippen LogP contribution in [0, 0.1) is 6.92 Å². The first-order valence-corrected chi connectivity index (χ1v) is 9.34. The van der Waals surface area contributed by atoms with Crippen molar-refractivity contribution in [3.8, 4) is 0 Å². The van der Waals surface area contributed by atoms with Crippen LogP contribution < -0.4 is 4.90 Å². The summed E-state index contributed by atoms with van der Waals surface area (Å²) < 4.78 is 0. The zero-order chi connectivity index (χ0) is 17.6. The van der Waals surface area contributed by atoms with E-state index in [1.54, 1.807) is 0 Å². The lowest BCUT2D eigenvalue weighted by Gasteiger charge is -2.38. The molecule has 132 valence electrons. The molecule has 0 aromatic heterocycles. The first kappa shape index (κ1) is 17.5. The third-order valence-corrected chi connectivity index (χ3v) is 5.12. The second-order valence-electron chi connectivity index (χ2n) is 6.79. The lowest BCUT2D eigenvalue weighted by molar-refractivity contribution is -0.131. The Labute approximate surface area is 151 Å². The fourth-order valence-electron chi connectivity index (χ4n) is 3.69. The van der Waals surface area contributed by atoms with Gasteiger partial charge >= 0.3 is 0 Å². The van der Waals surface area contributed by atoms with E-state index < -0.39 is 0 Å². The molecule has 2 aromatic carbocycles. The summed E-state index contributed by atoms with van der Waals surface area (Å²) >= 11 is 0. The van der Waals surface area contributed by atoms with Crippen LogP contribution in [0.2, 0.25) is 0 Å². The van der Waals surface area contributed by atoms with Crippen molar-refractivity contribution in [1.29, 1.82) is 0 Å². The highest BCUT2D eigenvalue weighted by Gasteiger charge is 2.23. The van der Waals surface area contributed by atoms with Crippen LogP contribution in [0.25, 0.3) is 0 Å². The maximum absolute atomic E-state index is 12.5. The Morgan fingerprint density at radius 3 is 2.36 bits per heavy atom. The van der Waals surface area contributed by atoms with Gasteiger partial charge in [-0.15, -0.1) is 0 Å². The number of carbonyl (C=O) groups is 1. The van der Waals surface area contributed by atoms with Crippen molar-refractivity contribution in [3.63, 3.8) is 0 Å². The minimum Gasteiger partial charge on any atom is -0.368 e. The van der Waals surface area contributed by atoms with Gasteiger partial charge < -0.3 is 9.80 Å². The van der Waals surface area contributed by atoms with Crippen LogP contribution >= 0.6 is 0 Å². The Morgan fingerprint density at radius 2 is 1.68 bits per heavy atom. The summed E-state index contributed by atoms with van der Waals surface area (Å²) in [6.45, 7) is 7.90. The molecule has 2 aromatic rings. The molecule has 0 aliphatic carbocycles. The van der Waals surface area contributed by atoms with Gasteiger partial charge in [0.1, 0.15) is 0 Å². The van der Waals surface area contributed by atoms with Gasteiger partial charge in [0.2, 0.25) is 5.91 Å². The fourth-order valence-corrected chi connectivity index (χ4v) is 3.69. The van der Waals surface area contributed by atoms with Gasteiger partial charge in [0.05, 0.1) is 0 Å². The second kappa shape index (κ2) is 8.19. The van der Waals surface area contributed by atoms with Crippen LogP contribution in [0.3, 0.4) is 0 Å². The SMILES string of the molecule is CCc1cccc(C)c1N1CCN(C(=O)CCc2ccccc2)CC1. The lowest BCUT2D eigenvalue weighted by atomic mass is 10.0. The predicted octanol–water partition coefficient (Wildman–Crippen LogP) is 3.84. The highest BCUT2D eigenvalue weighted by atomic mass is 16.2. The van der Waals surface area contributed by atoms with Crippen LogP contribution in [0.5, 0.6) is 0 Å². The van der Waals surface area contributed by atoms with E-state index >= 15 is 0 Å². The van der Waals surface area contributed by atoms with Gasteiger partial charge in [-0.25, -0.2) is 0 Å². The largest absolute Gasteiger partial charge is 0.368 e. The van der Waals surface area contributed by atoms with E-state index in [0.717, 1.165) is 39.0 Å². The minimum absolute atomic E-state index is 0.281. The minimum atomic E-state index is 0.281. The molecule has 1 fully saturated rings. The number of amides is 1. The molecule has 0 radical (unpaired) electrons. The van der Waals surface area contributed by atoms with Gasteiger partial charge in [-0.2, -0.15) is 0 Å². The maximum atomic E-state index is 12.5. The maximum Gasteiger partial charge on any atom is 0.223 e. The van der Waals surface area contributed by atoms with Gasteiger partial charge in [0.25, 0.3) is 0 Å². The number of piperazine rings is 1. The van der Waals surface area contributed by atoms with Crippen molar-refractivity contribution in [2.45, 2.75) is 33.1 Å². The highest BCUT2D eigenvalue weighted by Crippen LogP contribution is 2.26. The monoisotopic (exact) mass is 336 g/mol. The molecule has 1 aliphatic heterocycles. The summed E-state index contributed by atoms with van der Waals surface area (Å²) in [6, 6.07) is 16.8.